The van der Waals surface area contributed by atoms with Gasteiger partial charge < -0.3 is 15.8 Å². The predicted molar refractivity (Wildman–Crippen MR) is 77.9 cm³/mol. The quantitative estimate of drug-likeness (QED) is 0.750. The number of hydrogen-bond donors (Lipinski definition) is 3. The summed E-state index contributed by atoms with van der Waals surface area (Å²) in [6, 6.07) is 3.26. The van der Waals surface area contributed by atoms with Gasteiger partial charge in [0.2, 0.25) is 0 Å². The number of aromatic nitrogens is 1. The monoisotopic (exact) mass is 280 g/mol. The fourth-order valence-electron chi connectivity index (χ4n) is 1.61. The number of hydrogen-bond acceptors (Lipinski definition) is 5. The maximum Gasteiger partial charge on any atom is 0.321 e. The third-order valence-electron chi connectivity index (χ3n) is 2.46. The zero-order chi connectivity index (χ0) is 13.8. The third kappa shape index (κ3) is 3.05. The van der Waals surface area contributed by atoms with Crippen LogP contribution in [0.1, 0.15) is 13.3 Å². The van der Waals surface area contributed by atoms with Gasteiger partial charge >= 0.3 is 6.03 Å². The molecular formula is C12H16N4O2S. The molecule has 1 heterocycles. The van der Waals surface area contributed by atoms with Crippen molar-refractivity contribution in [1.29, 1.82) is 0 Å². The summed E-state index contributed by atoms with van der Waals surface area (Å²) in [7, 11) is 1.56. The van der Waals surface area contributed by atoms with E-state index in [9.17, 15) is 4.79 Å². The van der Waals surface area contributed by atoms with E-state index in [1.807, 2.05) is 13.0 Å². The second-order valence-electron chi connectivity index (χ2n) is 3.97. The minimum Gasteiger partial charge on any atom is -0.494 e. The van der Waals surface area contributed by atoms with Gasteiger partial charge in [-0.2, -0.15) is 0 Å². The molecule has 0 bridgehead atoms. The average Bonchev–Trinajstić information content (AvgIpc) is 2.77. The van der Waals surface area contributed by atoms with Crippen LogP contribution in [0.3, 0.4) is 0 Å². The highest BCUT2D eigenvalue weighted by molar-refractivity contribution is 7.22. The Kier molecular flexibility index (Phi) is 4.06. The minimum absolute atomic E-state index is 0.257. The van der Waals surface area contributed by atoms with E-state index >= 15 is 0 Å². The maximum atomic E-state index is 11.6. The van der Waals surface area contributed by atoms with Crippen LogP contribution in [-0.2, 0) is 0 Å². The number of nitrogens with two attached hydrogens (primary N) is 1. The molecule has 0 saturated carbocycles. The lowest BCUT2D eigenvalue weighted by molar-refractivity contribution is 0.252. The first kappa shape index (κ1) is 13.4. The van der Waals surface area contributed by atoms with Gasteiger partial charge in [-0.1, -0.05) is 18.3 Å². The average molecular weight is 280 g/mol. The number of nitrogen functional groups attached to an aromatic ring is 1. The number of nitrogens with one attached hydrogen (secondary N) is 2. The summed E-state index contributed by atoms with van der Waals surface area (Å²) in [6.45, 7) is 2.62. The topological polar surface area (TPSA) is 89.3 Å². The number of methoxy groups -OCH3 is 1. The van der Waals surface area contributed by atoms with E-state index in [-0.39, 0.29) is 6.03 Å². The molecule has 0 atom stereocenters. The van der Waals surface area contributed by atoms with Gasteiger partial charge in [0.1, 0.15) is 11.3 Å². The highest BCUT2D eigenvalue weighted by Gasteiger charge is 2.11. The van der Waals surface area contributed by atoms with Crippen LogP contribution in [0.25, 0.3) is 10.2 Å². The van der Waals surface area contributed by atoms with Gasteiger partial charge in [-0.25, -0.2) is 9.78 Å². The normalized spacial score (nSPS) is 10.4. The molecule has 2 aromatic rings. The summed E-state index contributed by atoms with van der Waals surface area (Å²) < 4.78 is 6.10. The van der Waals surface area contributed by atoms with Crippen LogP contribution < -0.4 is 21.1 Å². The molecule has 2 amide bonds. The van der Waals surface area contributed by atoms with Crippen molar-refractivity contribution < 1.29 is 9.53 Å². The minimum atomic E-state index is -0.257. The van der Waals surface area contributed by atoms with E-state index in [0.717, 1.165) is 11.1 Å². The predicted octanol–water partition coefficient (Wildman–Crippen LogP) is 2.42. The van der Waals surface area contributed by atoms with E-state index in [1.165, 1.54) is 11.3 Å². The Balaban J connectivity index is 2.24. The van der Waals surface area contributed by atoms with Gasteiger partial charge in [-0.3, -0.25) is 5.32 Å². The fourth-order valence-corrected chi connectivity index (χ4v) is 2.53. The van der Waals surface area contributed by atoms with Crippen LogP contribution in [0.5, 0.6) is 5.75 Å². The molecule has 1 aromatic heterocycles. The number of rotatable bonds is 4. The van der Waals surface area contributed by atoms with E-state index in [0.29, 0.717) is 28.6 Å². The van der Waals surface area contributed by atoms with Crippen LogP contribution in [0.2, 0.25) is 0 Å². The number of anilines is 2. The molecule has 0 saturated heterocycles. The second kappa shape index (κ2) is 5.75. The SMILES string of the molecule is CCCNC(=O)Nc1nc2c(OC)cc(N)cc2s1. The zero-order valence-corrected chi connectivity index (χ0v) is 11.6. The Morgan fingerprint density at radius 3 is 3.00 bits per heavy atom. The number of benzene rings is 1. The van der Waals surface area contributed by atoms with Gasteiger partial charge in [0.15, 0.2) is 5.13 Å². The molecule has 1 aromatic carbocycles. The number of amides is 2. The summed E-state index contributed by atoms with van der Waals surface area (Å²) in [5.74, 6) is 0.605. The molecule has 0 aliphatic rings. The molecule has 0 radical (unpaired) electrons. The molecule has 0 fully saturated rings. The number of urea groups is 1. The lowest BCUT2D eigenvalue weighted by atomic mass is 10.3. The molecule has 6 nitrogen and oxygen atoms in total. The zero-order valence-electron chi connectivity index (χ0n) is 10.8. The first-order valence-corrected chi connectivity index (χ1v) is 6.74. The summed E-state index contributed by atoms with van der Waals surface area (Å²) in [4.78, 5) is 15.9. The van der Waals surface area contributed by atoms with Crippen molar-refractivity contribution in [2.75, 3.05) is 24.7 Å². The number of carbonyl (C=O) groups excluding carboxylic acids is 1. The molecule has 102 valence electrons. The lowest BCUT2D eigenvalue weighted by Gasteiger charge is -2.02. The molecular weight excluding hydrogens is 264 g/mol. The number of thiazole rings is 1. The Morgan fingerprint density at radius 1 is 1.53 bits per heavy atom. The molecule has 0 aliphatic heterocycles. The summed E-state index contributed by atoms with van der Waals surface area (Å²) in [5, 5.41) is 5.94. The van der Waals surface area contributed by atoms with Crippen LogP contribution in [0.4, 0.5) is 15.6 Å². The Bertz CT molecular complexity index is 597. The summed E-state index contributed by atoms with van der Waals surface area (Å²) in [6.07, 6.45) is 0.887. The molecule has 4 N–H and O–H groups in total. The van der Waals surface area contributed by atoms with Gasteiger partial charge in [-0.15, -0.1) is 0 Å². The molecule has 0 aliphatic carbocycles. The van der Waals surface area contributed by atoms with Crippen molar-refractivity contribution in [2.45, 2.75) is 13.3 Å². The van der Waals surface area contributed by atoms with Crippen molar-refractivity contribution in [3.8, 4) is 5.75 Å². The molecule has 7 heteroatoms. The van der Waals surface area contributed by atoms with Crippen molar-refractivity contribution in [1.82, 2.24) is 10.3 Å². The third-order valence-corrected chi connectivity index (χ3v) is 3.38. The Morgan fingerprint density at radius 2 is 2.32 bits per heavy atom. The largest absolute Gasteiger partial charge is 0.494 e. The molecule has 2 rings (SSSR count). The van der Waals surface area contributed by atoms with Crippen LogP contribution in [0, 0.1) is 0 Å². The number of ether oxygens (including phenoxy) is 1. The van der Waals surface area contributed by atoms with Crippen molar-refractivity contribution >= 4 is 38.4 Å². The summed E-state index contributed by atoms with van der Waals surface area (Å²) in [5.41, 5.74) is 7.08. The van der Waals surface area contributed by atoms with E-state index in [1.54, 1.807) is 13.2 Å². The van der Waals surface area contributed by atoms with Crippen LogP contribution in [-0.4, -0.2) is 24.7 Å². The van der Waals surface area contributed by atoms with Crippen molar-refractivity contribution in [3.05, 3.63) is 12.1 Å². The lowest BCUT2D eigenvalue weighted by Crippen LogP contribution is -2.29. The first-order valence-electron chi connectivity index (χ1n) is 5.93. The highest BCUT2D eigenvalue weighted by atomic mass is 32.1. The van der Waals surface area contributed by atoms with Gasteiger partial charge in [0.05, 0.1) is 11.8 Å². The Labute approximate surface area is 115 Å². The number of carbonyl (C=O) groups is 1. The van der Waals surface area contributed by atoms with E-state index in [2.05, 4.69) is 15.6 Å². The smallest absolute Gasteiger partial charge is 0.321 e. The van der Waals surface area contributed by atoms with E-state index in [4.69, 9.17) is 10.5 Å². The van der Waals surface area contributed by atoms with Gasteiger partial charge in [0, 0.05) is 18.3 Å². The van der Waals surface area contributed by atoms with Crippen molar-refractivity contribution in [2.24, 2.45) is 0 Å². The standard InChI is InChI=1S/C12H16N4O2S/c1-3-4-14-11(17)16-12-15-10-8(18-2)5-7(13)6-9(10)19-12/h5-6H,3-4,13H2,1-2H3,(H2,14,15,16,17). The van der Waals surface area contributed by atoms with E-state index < -0.39 is 0 Å². The maximum absolute atomic E-state index is 11.6. The fraction of sp³-hybridized carbons (Fsp3) is 0.333. The number of nitrogens with zero attached hydrogens (tertiary/aromatic N) is 1. The van der Waals surface area contributed by atoms with Crippen molar-refractivity contribution in [3.63, 3.8) is 0 Å². The van der Waals surface area contributed by atoms with Gasteiger partial charge in [0.25, 0.3) is 0 Å². The molecule has 19 heavy (non-hydrogen) atoms. The second-order valence-corrected chi connectivity index (χ2v) is 5.00. The summed E-state index contributed by atoms with van der Waals surface area (Å²) >= 11 is 1.36. The molecule has 0 spiro atoms. The van der Waals surface area contributed by atoms with Crippen LogP contribution >= 0.6 is 11.3 Å². The van der Waals surface area contributed by atoms with Gasteiger partial charge in [-0.05, 0) is 12.5 Å². The van der Waals surface area contributed by atoms with Crippen LogP contribution in [0.15, 0.2) is 12.1 Å². The molecule has 0 unspecified atom stereocenters. The first-order chi connectivity index (χ1) is 9.13. The highest BCUT2D eigenvalue weighted by Crippen LogP contribution is 2.34. The number of fused-ring (bicyclic) bond motifs is 1. The Hall–Kier alpha value is -2.02.